The van der Waals surface area contributed by atoms with Crippen LogP contribution in [0, 0.1) is 0 Å². The lowest BCUT2D eigenvalue weighted by Crippen LogP contribution is -2.28. The highest BCUT2D eigenvalue weighted by molar-refractivity contribution is 7.89. The predicted octanol–water partition coefficient (Wildman–Crippen LogP) is 3.91. The van der Waals surface area contributed by atoms with Gasteiger partial charge >= 0.3 is 4.87 Å². The Labute approximate surface area is 168 Å². The molecule has 0 aliphatic rings. The summed E-state index contributed by atoms with van der Waals surface area (Å²) < 4.78 is 36.2. The molecule has 0 unspecified atom stereocenters. The van der Waals surface area contributed by atoms with Crippen LogP contribution in [0.1, 0.15) is 38.3 Å². The van der Waals surface area contributed by atoms with Gasteiger partial charge in [-0.1, -0.05) is 37.3 Å². The van der Waals surface area contributed by atoms with Crippen molar-refractivity contribution in [3.05, 3.63) is 57.7 Å². The Morgan fingerprint density at radius 1 is 1.14 bits per heavy atom. The molecule has 1 aromatic heterocycles. The summed E-state index contributed by atoms with van der Waals surface area (Å²) in [4.78, 5) is 12.3. The minimum absolute atomic E-state index is 0.0657. The molecule has 8 heteroatoms. The molecule has 6 nitrogen and oxygen atoms in total. The maximum absolute atomic E-state index is 12.9. The average Bonchev–Trinajstić information content (AvgIpc) is 3.01. The van der Waals surface area contributed by atoms with E-state index < -0.39 is 10.0 Å². The average molecular weight is 421 g/mol. The topological polar surface area (TPSA) is 77.4 Å². The summed E-state index contributed by atoms with van der Waals surface area (Å²) in [5, 5.41) is 0. The number of hydrogen-bond donors (Lipinski definition) is 1. The number of aryl methyl sites for hydroxylation is 1. The van der Waals surface area contributed by atoms with E-state index in [-0.39, 0.29) is 15.8 Å². The maximum Gasteiger partial charge on any atom is 0.308 e. The largest absolute Gasteiger partial charge is 0.497 e. The zero-order valence-corrected chi connectivity index (χ0v) is 17.8. The second-order valence-corrected chi connectivity index (χ2v) is 9.21. The molecule has 3 rings (SSSR count). The molecule has 0 fully saturated rings. The molecular weight excluding hydrogens is 396 g/mol. The molecule has 0 amide bonds. The van der Waals surface area contributed by atoms with E-state index in [1.165, 1.54) is 0 Å². The van der Waals surface area contributed by atoms with Crippen molar-refractivity contribution >= 4 is 31.6 Å². The number of aromatic nitrogens is 1. The van der Waals surface area contributed by atoms with Gasteiger partial charge in [0.2, 0.25) is 10.0 Å². The molecule has 1 N–H and O–H groups in total. The Balaban J connectivity index is 1.91. The van der Waals surface area contributed by atoms with E-state index in [1.807, 2.05) is 38.1 Å². The first-order valence-corrected chi connectivity index (χ1v) is 11.5. The third-order valence-corrected chi connectivity index (χ3v) is 7.03. The van der Waals surface area contributed by atoms with E-state index in [9.17, 15) is 13.2 Å². The number of nitrogens with zero attached hydrogens (tertiary/aromatic N) is 1. The summed E-state index contributed by atoms with van der Waals surface area (Å²) >= 11 is 1.08. The minimum Gasteiger partial charge on any atom is -0.497 e. The van der Waals surface area contributed by atoms with Crippen LogP contribution in [-0.4, -0.2) is 20.1 Å². The molecular formula is C20H24N2O4S2. The molecule has 0 radical (unpaired) electrons. The second-order valence-electron chi connectivity index (χ2n) is 6.50. The molecule has 1 atom stereocenters. The van der Waals surface area contributed by atoms with Gasteiger partial charge < -0.3 is 4.74 Å². The highest BCUT2D eigenvalue weighted by atomic mass is 32.2. The van der Waals surface area contributed by atoms with Crippen molar-refractivity contribution < 1.29 is 13.2 Å². The van der Waals surface area contributed by atoms with Gasteiger partial charge in [-0.25, -0.2) is 13.1 Å². The zero-order chi connectivity index (χ0) is 20.3. The predicted molar refractivity (Wildman–Crippen MR) is 113 cm³/mol. The molecule has 0 aliphatic heterocycles. The van der Waals surface area contributed by atoms with Gasteiger partial charge in [0, 0.05) is 12.6 Å². The van der Waals surface area contributed by atoms with E-state index in [1.54, 1.807) is 29.9 Å². The minimum atomic E-state index is -3.73. The number of nitrogens with one attached hydrogen (secondary N) is 1. The van der Waals surface area contributed by atoms with Crippen LogP contribution >= 0.6 is 11.3 Å². The molecule has 0 bridgehead atoms. The van der Waals surface area contributed by atoms with Gasteiger partial charge in [0.15, 0.2) is 0 Å². The van der Waals surface area contributed by atoms with Crippen molar-refractivity contribution in [2.24, 2.45) is 0 Å². The van der Waals surface area contributed by atoms with Crippen molar-refractivity contribution in [3.8, 4) is 5.75 Å². The van der Waals surface area contributed by atoms with Crippen LogP contribution in [0.2, 0.25) is 0 Å². The molecule has 2 aromatic carbocycles. The van der Waals surface area contributed by atoms with E-state index in [0.29, 0.717) is 17.7 Å². The highest BCUT2D eigenvalue weighted by Crippen LogP contribution is 2.25. The van der Waals surface area contributed by atoms with Gasteiger partial charge in [-0.2, -0.15) is 0 Å². The van der Waals surface area contributed by atoms with E-state index in [0.717, 1.165) is 34.6 Å². The van der Waals surface area contributed by atoms with Gasteiger partial charge in [-0.05, 0) is 48.7 Å². The Morgan fingerprint density at radius 3 is 2.46 bits per heavy atom. The van der Waals surface area contributed by atoms with Crippen LogP contribution in [-0.2, 0) is 16.6 Å². The smallest absolute Gasteiger partial charge is 0.308 e. The number of thiazole rings is 1. The molecule has 3 aromatic rings. The van der Waals surface area contributed by atoms with Crippen LogP contribution in [0.5, 0.6) is 5.75 Å². The lowest BCUT2D eigenvalue weighted by molar-refractivity contribution is 0.414. The summed E-state index contributed by atoms with van der Waals surface area (Å²) in [5.41, 5.74) is 1.64. The fourth-order valence-electron chi connectivity index (χ4n) is 3.13. The maximum atomic E-state index is 12.9. The quantitative estimate of drug-likeness (QED) is 0.599. The van der Waals surface area contributed by atoms with Crippen molar-refractivity contribution in [1.29, 1.82) is 0 Å². The molecule has 150 valence electrons. The van der Waals surface area contributed by atoms with Gasteiger partial charge in [0.25, 0.3) is 0 Å². The summed E-state index contributed by atoms with van der Waals surface area (Å²) in [6.45, 7) is 4.55. The number of methoxy groups -OCH3 is 1. The van der Waals surface area contributed by atoms with Crippen LogP contribution in [0.4, 0.5) is 0 Å². The van der Waals surface area contributed by atoms with Crippen molar-refractivity contribution in [3.63, 3.8) is 0 Å². The van der Waals surface area contributed by atoms with Crippen LogP contribution in [0.25, 0.3) is 10.2 Å². The van der Waals surface area contributed by atoms with Crippen LogP contribution in [0.15, 0.2) is 52.2 Å². The highest BCUT2D eigenvalue weighted by Gasteiger charge is 2.21. The first kappa shape index (κ1) is 20.6. The molecule has 0 saturated carbocycles. The van der Waals surface area contributed by atoms with Crippen molar-refractivity contribution in [2.45, 2.75) is 44.2 Å². The van der Waals surface area contributed by atoms with Gasteiger partial charge in [-0.3, -0.25) is 9.36 Å². The lowest BCUT2D eigenvalue weighted by Gasteiger charge is -2.18. The fraction of sp³-hybridized carbons (Fsp3) is 0.350. The Kier molecular flexibility index (Phi) is 6.22. The Morgan fingerprint density at radius 2 is 1.86 bits per heavy atom. The van der Waals surface area contributed by atoms with E-state index in [4.69, 9.17) is 4.74 Å². The van der Waals surface area contributed by atoms with Crippen molar-refractivity contribution in [2.75, 3.05) is 7.11 Å². The molecule has 0 aliphatic carbocycles. The van der Waals surface area contributed by atoms with E-state index in [2.05, 4.69) is 4.72 Å². The number of benzene rings is 2. The number of ether oxygens (including phenoxy) is 1. The SMILES string of the molecule is CCCn1c(=O)sc2cc(S(=O)(=O)N[C@@H](CC)c3ccc(OC)cc3)ccc21. The zero-order valence-electron chi connectivity index (χ0n) is 16.1. The molecule has 0 spiro atoms. The monoisotopic (exact) mass is 420 g/mol. The van der Waals surface area contributed by atoms with Gasteiger partial charge in [0.05, 0.1) is 22.2 Å². The normalized spacial score (nSPS) is 13.0. The molecule has 0 saturated heterocycles. The second kappa shape index (κ2) is 8.46. The lowest BCUT2D eigenvalue weighted by atomic mass is 10.1. The molecule has 28 heavy (non-hydrogen) atoms. The Hall–Kier alpha value is -2.16. The summed E-state index contributed by atoms with van der Waals surface area (Å²) in [6, 6.07) is 11.8. The third kappa shape index (κ3) is 4.14. The number of hydrogen-bond acceptors (Lipinski definition) is 5. The third-order valence-electron chi connectivity index (χ3n) is 4.62. The standard InChI is InChI=1S/C20H24N2O4S2/c1-4-12-22-18-11-10-16(13-19(18)27-20(22)23)28(24,25)21-17(5-2)14-6-8-15(26-3)9-7-14/h6-11,13,17,21H,4-5,12H2,1-3H3/t17-/m0/s1. The number of rotatable bonds is 8. The Bertz CT molecular complexity index is 1120. The van der Waals surface area contributed by atoms with Crippen LogP contribution < -0.4 is 14.3 Å². The van der Waals surface area contributed by atoms with Crippen LogP contribution in [0.3, 0.4) is 0 Å². The van der Waals surface area contributed by atoms with Gasteiger partial charge in [-0.15, -0.1) is 0 Å². The summed E-state index contributed by atoms with van der Waals surface area (Å²) in [7, 11) is -2.14. The summed E-state index contributed by atoms with van der Waals surface area (Å²) in [5.74, 6) is 0.721. The number of sulfonamides is 1. The first-order chi connectivity index (χ1) is 13.4. The van der Waals surface area contributed by atoms with E-state index >= 15 is 0 Å². The first-order valence-electron chi connectivity index (χ1n) is 9.19. The number of fused-ring (bicyclic) bond motifs is 1. The fourth-order valence-corrected chi connectivity index (χ4v) is 5.49. The summed E-state index contributed by atoms with van der Waals surface area (Å²) in [6.07, 6.45) is 1.45. The van der Waals surface area contributed by atoms with Crippen molar-refractivity contribution in [1.82, 2.24) is 9.29 Å². The molecule has 1 heterocycles. The van der Waals surface area contributed by atoms with Gasteiger partial charge in [0.1, 0.15) is 5.75 Å².